The Kier molecular flexibility index (Phi) is 5.59. The van der Waals surface area contributed by atoms with E-state index in [4.69, 9.17) is 0 Å². The molecule has 0 radical (unpaired) electrons. The summed E-state index contributed by atoms with van der Waals surface area (Å²) in [7, 11) is 3.96. The van der Waals surface area contributed by atoms with Crippen LogP contribution in [0, 0.1) is 0 Å². The monoisotopic (exact) mass is 175 g/mol. The second-order valence-electron chi connectivity index (χ2n) is 2.87. The van der Waals surface area contributed by atoms with Crippen molar-refractivity contribution in [2.45, 2.75) is 6.54 Å². The van der Waals surface area contributed by atoms with Crippen LogP contribution in [0.4, 0.5) is 0 Å². The maximum Gasteiger partial charge on any atom is 1.00 e. The molecule has 0 amide bonds. The Morgan fingerprint density at radius 2 is 1.92 bits per heavy atom. The van der Waals surface area contributed by atoms with Gasteiger partial charge in [-0.3, -0.25) is 0 Å². The molecule has 3 heteroatoms. The fraction of sp³-hybridized carbons (Fsp3) is 0.333. The van der Waals surface area contributed by atoms with Gasteiger partial charge in [0.25, 0.3) is 0 Å². The van der Waals surface area contributed by atoms with Gasteiger partial charge in [0.15, 0.2) is 0 Å². The molecule has 1 aromatic carbocycles. The van der Waals surface area contributed by atoms with E-state index in [1.807, 2.05) is 37.2 Å². The molecule has 1 aromatic rings. The number of phenols is 1. The van der Waals surface area contributed by atoms with Crippen molar-refractivity contribution in [3.8, 4) is 5.75 Å². The summed E-state index contributed by atoms with van der Waals surface area (Å²) >= 11 is 0. The number of para-hydroxylation sites is 1. The fourth-order valence-electron chi connectivity index (χ4n) is 0.985. The second-order valence-corrected chi connectivity index (χ2v) is 2.87. The molecular formula is C9H14NNaO. The quantitative estimate of drug-likeness (QED) is 0.557. The van der Waals surface area contributed by atoms with Gasteiger partial charge in [0.2, 0.25) is 0 Å². The summed E-state index contributed by atoms with van der Waals surface area (Å²) in [6, 6.07) is 7.39. The third kappa shape index (κ3) is 3.59. The molecule has 0 bridgehead atoms. The summed E-state index contributed by atoms with van der Waals surface area (Å²) in [5.41, 5.74) is 0.970. The number of benzene rings is 1. The first kappa shape index (κ1) is 12.0. The Bertz CT molecular complexity index is 243. The maximum absolute atomic E-state index is 9.33. The SMILES string of the molecule is CN(C)Cc1ccccc1O.[H-].[Na+]. The van der Waals surface area contributed by atoms with Crippen LogP contribution in [0.3, 0.4) is 0 Å². The number of hydrogen-bond acceptors (Lipinski definition) is 2. The molecule has 12 heavy (non-hydrogen) atoms. The number of hydrogen-bond donors (Lipinski definition) is 1. The zero-order valence-electron chi connectivity index (χ0n) is 8.91. The molecular weight excluding hydrogens is 161 g/mol. The summed E-state index contributed by atoms with van der Waals surface area (Å²) in [5, 5.41) is 9.33. The Morgan fingerprint density at radius 3 is 2.42 bits per heavy atom. The predicted molar refractivity (Wildman–Crippen MR) is 46.6 cm³/mol. The van der Waals surface area contributed by atoms with Gasteiger partial charge >= 0.3 is 29.6 Å². The van der Waals surface area contributed by atoms with E-state index in [0.29, 0.717) is 5.75 Å². The number of nitrogens with zero attached hydrogens (tertiary/aromatic N) is 1. The van der Waals surface area contributed by atoms with E-state index >= 15 is 0 Å². The summed E-state index contributed by atoms with van der Waals surface area (Å²) < 4.78 is 0. The van der Waals surface area contributed by atoms with Crippen LogP contribution in [0.1, 0.15) is 6.99 Å². The van der Waals surface area contributed by atoms with Gasteiger partial charge in [-0.25, -0.2) is 0 Å². The van der Waals surface area contributed by atoms with Gasteiger partial charge in [-0.1, -0.05) is 18.2 Å². The Labute approximate surface area is 97.0 Å². The smallest absolute Gasteiger partial charge is 1.00 e. The normalized spacial score (nSPS) is 9.58. The molecule has 2 nitrogen and oxygen atoms in total. The van der Waals surface area contributed by atoms with Crippen molar-refractivity contribution in [2.24, 2.45) is 0 Å². The number of rotatable bonds is 2. The van der Waals surface area contributed by atoms with Crippen LogP contribution >= 0.6 is 0 Å². The summed E-state index contributed by atoms with van der Waals surface area (Å²) in [6.45, 7) is 0.784. The van der Waals surface area contributed by atoms with E-state index in [2.05, 4.69) is 0 Å². The topological polar surface area (TPSA) is 23.5 Å². The molecule has 0 heterocycles. The van der Waals surface area contributed by atoms with Crippen molar-refractivity contribution in [3.63, 3.8) is 0 Å². The Hall–Kier alpha value is -0.0200. The molecule has 1 rings (SSSR count). The third-order valence-corrected chi connectivity index (χ3v) is 1.48. The van der Waals surface area contributed by atoms with Crippen molar-refractivity contribution >= 4 is 0 Å². The summed E-state index contributed by atoms with van der Waals surface area (Å²) in [4.78, 5) is 2.02. The molecule has 0 saturated heterocycles. The average Bonchev–Trinajstić information content (AvgIpc) is 1.93. The first-order chi connectivity index (χ1) is 5.20. The van der Waals surface area contributed by atoms with Gasteiger partial charge in [-0.15, -0.1) is 0 Å². The zero-order valence-corrected chi connectivity index (χ0v) is 9.91. The third-order valence-electron chi connectivity index (χ3n) is 1.48. The second kappa shape index (κ2) is 5.60. The number of aromatic hydroxyl groups is 1. The maximum atomic E-state index is 9.33. The van der Waals surface area contributed by atoms with Crippen LogP contribution in [-0.4, -0.2) is 24.1 Å². The van der Waals surface area contributed by atoms with Crippen molar-refractivity contribution in [2.75, 3.05) is 14.1 Å². The van der Waals surface area contributed by atoms with E-state index < -0.39 is 0 Å². The van der Waals surface area contributed by atoms with Gasteiger partial charge in [0.05, 0.1) is 0 Å². The molecule has 0 aromatic heterocycles. The summed E-state index contributed by atoms with van der Waals surface area (Å²) in [6.07, 6.45) is 0. The Balaban J connectivity index is 0. The number of phenolic OH excluding ortho intramolecular Hbond substituents is 1. The van der Waals surface area contributed by atoms with E-state index in [1.165, 1.54) is 0 Å². The van der Waals surface area contributed by atoms with Crippen LogP contribution in [0.15, 0.2) is 24.3 Å². The Morgan fingerprint density at radius 1 is 1.33 bits per heavy atom. The fourth-order valence-corrected chi connectivity index (χ4v) is 0.985. The van der Waals surface area contributed by atoms with Crippen LogP contribution in [0.25, 0.3) is 0 Å². The molecule has 0 aliphatic heterocycles. The van der Waals surface area contributed by atoms with Crippen LogP contribution in [0.5, 0.6) is 5.75 Å². The average molecular weight is 175 g/mol. The molecule has 0 unspecified atom stereocenters. The van der Waals surface area contributed by atoms with Crippen molar-refractivity contribution < 1.29 is 36.1 Å². The van der Waals surface area contributed by atoms with E-state index in [0.717, 1.165) is 12.1 Å². The van der Waals surface area contributed by atoms with Gasteiger partial charge in [-0.2, -0.15) is 0 Å². The van der Waals surface area contributed by atoms with Crippen LogP contribution in [0.2, 0.25) is 0 Å². The van der Waals surface area contributed by atoms with Gasteiger partial charge in [0.1, 0.15) is 5.75 Å². The molecule has 0 aliphatic carbocycles. The minimum atomic E-state index is 0. The van der Waals surface area contributed by atoms with Gasteiger partial charge in [-0.05, 0) is 20.2 Å². The summed E-state index contributed by atoms with van der Waals surface area (Å²) in [5.74, 6) is 0.376. The first-order valence-electron chi connectivity index (χ1n) is 3.62. The van der Waals surface area contributed by atoms with Crippen LogP contribution in [-0.2, 0) is 6.54 Å². The molecule has 0 atom stereocenters. The molecule has 1 N–H and O–H groups in total. The van der Waals surface area contributed by atoms with Crippen molar-refractivity contribution in [3.05, 3.63) is 29.8 Å². The predicted octanol–water partition coefficient (Wildman–Crippen LogP) is -1.43. The van der Waals surface area contributed by atoms with E-state index in [9.17, 15) is 5.11 Å². The van der Waals surface area contributed by atoms with Gasteiger partial charge in [0, 0.05) is 12.1 Å². The van der Waals surface area contributed by atoms with Crippen molar-refractivity contribution in [1.29, 1.82) is 0 Å². The standard InChI is InChI=1S/C9H13NO.Na.H/c1-10(2)7-8-5-3-4-6-9(8)11;;/h3-6,11H,7H2,1-2H3;;/q;+1;-1. The van der Waals surface area contributed by atoms with Gasteiger partial charge < -0.3 is 11.4 Å². The van der Waals surface area contributed by atoms with Crippen molar-refractivity contribution in [1.82, 2.24) is 4.90 Å². The minimum absolute atomic E-state index is 0. The molecule has 0 saturated carbocycles. The largest absolute Gasteiger partial charge is 1.00 e. The van der Waals surface area contributed by atoms with E-state index in [1.54, 1.807) is 6.07 Å². The zero-order chi connectivity index (χ0) is 8.27. The van der Waals surface area contributed by atoms with E-state index in [-0.39, 0.29) is 31.0 Å². The molecule has 0 fully saturated rings. The molecule has 0 spiro atoms. The molecule has 0 aliphatic rings. The molecule has 62 valence electrons. The minimum Gasteiger partial charge on any atom is -1.00 e. The van der Waals surface area contributed by atoms with Crippen LogP contribution < -0.4 is 29.6 Å². The first-order valence-corrected chi connectivity index (χ1v) is 3.62.